The van der Waals surface area contributed by atoms with Crippen molar-refractivity contribution in [2.24, 2.45) is 0 Å². The molecule has 2 heterocycles. The highest BCUT2D eigenvalue weighted by Gasteiger charge is 2.47. The van der Waals surface area contributed by atoms with Gasteiger partial charge in [0.15, 0.2) is 11.5 Å². The summed E-state index contributed by atoms with van der Waals surface area (Å²) in [6, 6.07) is 11.8. The Labute approximate surface area is 187 Å². The fourth-order valence-corrected chi connectivity index (χ4v) is 4.43. The van der Waals surface area contributed by atoms with E-state index >= 15 is 0 Å². The van der Waals surface area contributed by atoms with Gasteiger partial charge in [-0.05, 0) is 49.1 Å². The van der Waals surface area contributed by atoms with E-state index < -0.39 is 17.7 Å². The molecule has 4 rings (SSSR count). The number of benzene rings is 2. The quantitative estimate of drug-likeness (QED) is 0.422. The number of aryl methyl sites for hydroxylation is 1. The van der Waals surface area contributed by atoms with Gasteiger partial charge in [0.1, 0.15) is 5.76 Å². The molecule has 2 aliphatic heterocycles. The molecule has 0 aromatic heterocycles. The number of rotatable bonds is 6. The summed E-state index contributed by atoms with van der Waals surface area (Å²) in [5.74, 6) is -0.664. The van der Waals surface area contributed by atoms with Crippen LogP contribution in [0.25, 0.3) is 5.76 Å². The molecule has 0 spiro atoms. The molecular weight excluding hydrogens is 410 g/mol. The van der Waals surface area contributed by atoms with E-state index in [1.165, 1.54) is 19.1 Å². The lowest BCUT2D eigenvalue weighted by molar-refractivity contribution is -0.140. The predicted molar refractivity (Wildman–Crippen MR) is 119 cm³/mol. The summed E-state index contributed by atoms with van der Waals surface area (Å²) in [7, 11) is 3.02. The topological polar surface area (TPSA) is 85.3 Å². The normalized spacial score (nSPS) is 22.4. The molecule has 0 saturated carbocycles. The number of aliphatic hydroxyl groups excluding tert-OH is 1. The maximum Gasteiger partial charge on any atom is 0.295 e. The summed E-state index contributed by atoms with van der Waals surface area (Å²) in [5.41, 5.74) is 2.16. The number of likely N-dealkylation sites (tertiary alicyclic amines) is 1. The van der Waals surface area contributed by atoms with Crippen LogP contribution in [0.4, 0.5) is 0 Å². The first-order valence-electron chi connectivity index (χ1n) is 10.6. The zero-order valence-electron chi connectivity index (χ0n) is 18.5. The average Bonchev–Trinajstić information content (AvgIpc) is 3.41. The van der Waals surface area contributed by atoms with Crippen LogP contribution in [0.3, 0.4) is 0 Å². The Balaban J connectivity index is 1.85. The molecule has 2 atom stereocenters. The third kappa shape index (κ3) is 3.84. The van der Waals surface area contributed by atoms with E-state index in [0.717, 1.165) is 24.0 Å². The van der Waals surface area contributed by atoms with Crippen molar-refractivity contribution < 1.29 is 28.9 Å². The van der Waals surface area contributed by atoms with Gasteiger partial charge < -0.3 is 24.2 Å². The molecule has 2 fully saturated rings. The van der Waals surface area contributed by atoms with Crippen molar-refractivity contribution in [1.29, 1.82) is 0 Å². The minimum atomic E-state index is -0.705. The average molecular weight is 437 g/mol. The summed E-state index contributed by atoms with van der Waals surface area (Å²) in [4.78, 5) is 27.8. The fourth-order valence-electron chi connectivity index (χ4n) is 4.43. The van der Waals surface area contributed by atoms with Crippen molar-refractivity contribution in [2.45, 2.75) is 31.9 Å². The van der Waals surface area contributed by atoms with Crippen molar-refractivity contribution in [3.63, 3.8) is 0 Å². The maximum atomic E-state index is 13.2. The van der Waals surface area contributed by atoms with Gasteiger partial charge in [-0.2, -0.15) is 0 Å². The Kier molecular flexibility index (Phi) is 6.19. The van der Waals surface area contributed by atoms with E-state index in [-0.39, 0.29) is 17.4 Å². The highest BCUT2D eigenvalue weighted by molar-refractivity contribution is 6.46. The molecule has 0 aliphatic carbocycles. The summed E-state index contributed by atoms with van der Waals surface area (Å²) in [6.07, 6.45) is 1.63. The first-order valence-corrected chi connectivity index (χ1v) is 10.6. The molecule has 2 saturated heterocycles. The number of hydrogen-bond donors (Lipinski definition) is 1. The van der Waals surface area contributed by atoms with Gasteiger partial charge in [0.05, 0.1) is 31.9 Å². The smallest absolute Gasteiger partial charge is 0.295 e. The zero-order valence-corrected chi connectivity index (χ0v) is 18.5. The molecule has 2 aromatic rings. The number of hydrogen-bond acceptors (Lipinski definition) is 6. The molecule has 2 aromatic carbocycles. The van der Waals surface area contributed by atoms with Gasteiger partial charge in [0.2, 0.25) is 0 Å². The Bertz CT molecular complexity index is 1070. The van der Waals surface area contributed by atoms with Crippen LogP contribution in [0.1, 0.15) is 35.6 Å². The second-order valence-electron chi connectivity index (χ2n) is 8.01. The zero-order chi connectivity index (χ0) is 22.8. The van der Waals surface area contributed by atoms with Crippen LogP contribution in [0.15, 0.2) is 48.0 Å². The third-order valence-corrected chi connectivity index (χ3v) is 6.10. The standard InChI is InChI=1S/C25H27NO6/c1-15-7-4-5-9-18(15)22-21(23(27)16-10-11-19(30-2)20(13-16)31-3)24(28)25(29)26(22)14-17-8-6-12-32-17/h4-5,7,9-11,13,17,22,27H,6,8,12,14H2,1-3H3/b23-21+. The van der Waals surface area contributed by atoms with Crippen molar-refractivity contribution in [1.82, 2.24) is 4.90 Å². The summed E-state index contributed by atoms with van der Waals surface area (Å²) in [6.45, 7) is 2.87. The van der Waals surface area contributed by atoms with E-state index in [4.69, 9.17) is 14.2 Å². The lowest BCUT2D eigenvalue weighted by Crippen LogP contribution is -2.36. The molecule has 7 nitrogen and oxygen atoms in total. The van der Waals surface area contributed by atoms with E-state index in [0.29, 0.717) is 30.2 Å². The first-order chi connectivity index (χ1) is 15.5. The van der Waals surface area contributed by atoms with Gasteiger partial charge in [-0.15, -0.1) is 0 Å². The van der Waals surface area contributed by atoms with E-state index in [2.05, 4.69) is 0 Å². The number of amides is 1. The van der Waals surface area contributed by atoms with Crippen LogP contribution in [0, 0.1) is 6.92 Å². The number of carbonyl (C=O) groups is 2. The van der Waals surface area contributed by atoms with Gasteiger partial charge in [-0.25, -0.2) is 0 Å². The molecule has 2 unspecified atom stereocenters. The third-order valence-electron chi connectivity index (χ3n) is 6.10. The molecule has 1 amide bonds. The minimum absolute atomic E-state index is 0.0644. The first kappa shape index (κ1) is 21.9. The van der Waals surface area contributed by atoms with Gasteiger partial charge in [0, 0.05) is 18.7 Å². The van der Waals surface area contributed by atoms with Gasteiger partial charge in [0.25, 0.3) is 11.7 Å². The summed E-state index contributed by atoms with van der Waals surface area (Å²) >= 11 is 0. The predicted octanol–water partition coefficient (Wildman–Crippen LogP) is 3.61. The molecule has 2 aliphatic rings. The number of Topliss-reactive ketones (excluding diaryl/α,β-unsaturated/α-hetero) is 1. The van der Waals surface area contributed by atoms with E-state index in [9.17, 15) is 14.7 Å². The lowest BCUT2D eigenvalue weighted by Gasteiger charge is -2.28. The highest BCUT2D eigenvalue weighted by atomic mass is 16.5. The van der Waals surface area contributed by atoms with Crippen LogP contribution in [-0.4, -0.2) is 55.2 Å². The molecule has 32 heavy (non-hydrogen) atoms. The Morgan fingerprint density at radius 3 is 2.53 bits per heavy atom. The second kappa shape index (κ2) is 9.04. The van der Waals surface area contributed by atoms with Crippen molar-refractivity contribution in [3.05, 3.63) is 64.7 Å². The Morgan fingerprint density at radius 2 is 1.88 bits per heavy atom. The molecule has 0 radical (unpaired) electrons. The number of aliphatic hydroxyl groups is 1. The van der Waals surface area contributed by atoms with E-state index in [1.807, 2.05) is 31.2 Å². The number of carbonyl (C=O) groups excluding carboxylic acids is 2. The van der Waals surface area contributed by atoms with Crippen LogP contribution in [0.2, 0.25) is 0 Å². The second-order valence-corrected chi connectivity index (χ2v) is 8.01. The highest BCUT2D eigenvalue weighted by Crippen LogP contribution is 2.42. The summed E-state index contributed by atoms with van der Waals surface area (Å²) in [5, 5.41) is 11.2. The van der Waals surface area contributed by atoms with Crippen molar-refractivity contribution in [2.75, 3.05) is 27.4 Å². The van der Waals surface area contributed by atoms with Crippen LogP contribution in [0.5, 0.6) is 11.5 Å². The molecule has 1 N–H and O–H groups in total. The fraction of sp³-hybridized carbons (Fsp3) is 0.360. The van der Waals surface area contributed by atoms with Crippen molar-refractivity contribution >= 4 is 17.4 Å². The number of methoxy groups -OCH3 is 2. The number of ether oxygens (including phenoxy) is 3. The maximum absolute atomic E-state index is 13.2. The SMILES string of the molecule is COc1ccc(/C(O)=C2\C(=O)C(=O)N(CC3CCCO3)C2c2ccccc2C)cc1OC. The van der Waals surface area contributed by atoms with Gasteiger partial charge >= 0.3 is 0 Å². The Hall–Kier alpha value is -3.32. The largest absolute Gasteiger partial charge is 0.507 e. The van der Waals surface area contributed by atoms with Crippen LogP contribution in [-0.2, 0) is 14.3 Å². The molecular formula is C25H27NO6. The Morgan fingerprint density at radius 1 is 1.12 bits per heavy atom. The van der Waals surface area contributed by atoms with E-state index in [1.54, 1.807) is 18.2 Å². The summed E-state index contributed by atoms with van der Waals surface area (Å²) < 4.78 is 16.3. The van der Waals surface area contributed by atoms with Gasteiger partial charge in [-0.3, -0.25) is 9.59 Å². The molecule has 7 heteroatoms. The van der Waals surface area contributed by atoms with Gasteiger partial charge in [-0.1, -0.05) is 24.3 Å². The number of nitrogens with zero attached hydrogens (tertiary/aromatic N) is 1. The minimum Gasteiger partial charge on any atom is -0.507 e. The monoisotopic (exact) mass is 437 g/mol. The van der Waals surface area contributed by atoms with Crippen LogP contribution >= 0.6 is 0 Å². The van der Waals surface area contributed by atoms with Crippen LogP contribution < -0.4 is 9.47 Å². The number of ketones is 1. The lowest BCUT2D eigenvalue weighted by atomic mass is 9.92. The van der Waals surface area contributed by atoms with Crippen molar-refractivity contribution in [3.8, 4) is 11.5 Å². The molecule has 168 valence electrons. The molecule has 0 bridgehead atoms.